The third kappa shape index (κ3) is 2.49. The highest BCUT2D eigenvalue weighted by molar-refractivity contribution is 7.10. The lowest BCUT2D eigenvalue weighted by molar-refractivity contribution is -0.136. The van der Waals surface area contributed by atoms with Gasteiger partial charge in [0.1, 0.15) is 0 Å². The van der Waals surface area contributed by atoms with E-state index in [2.05, 4.69) is 18.4 Å². The lowest BCUT2D eigenvalue weighted by Crippen LogP contribution is -1.99. The van der Waals surface area contributed by atoms with Gasteiger partial charge in [-0.3, -0.25) is 4.79 Å². The van der Waals surface area contributed by atoms with Gasteiger partial charge in [-0.05, 0) is 35.1 Å². The zero-order valence-electron chi connectivity index (χ0n) is 8.93. The summed E-state index contributed by atoms with van der Waals surface area (Å²) in [6, 6.07) is 9.81. The van der Waals surface area contributed by atoms with Gasteiger partial charge in [-0.15, -0.1) is 11.3 Å². The molecule has 0 aliphatic rings. The maximum absolute atomic E-state index is 10.6. The van der Waals surface area contributed by atoms with Crippen LogP contribution in [0.25, 0.3) is 11.1 Å². The molecule has 0 radical (unpaired) electrons. The van der Waals surface area contributed by atoms with Crippen molar-refractivity contribution in [2.24, 2.45) is 0 Å². The minimum absolute atomic E-state index is 0.0803. The number of hydrogen-bond donors (Lipinski definition) is 1. The Labute approximate surface area is 98.2 Å². The van der Waals surface area contributed by atoms with E-state index in [1.807, 2.05) is 24.3 Å². The monoisotopic (exact) mass is 232 g/mol. The van der Waals surface area contributed by atoms with E-state index < -0.39 is 5.97 Å². The molecule has 2 rings (SSSR count). The highest BCUT2D eigenvalue weighted by Crippen LogP contribution is 2.25. The first kappa shape index (κ1) is 10.9. The zero-order chi connectivity index (χ0) is 11.5. The van der Waals surface area contributed by atoms with Crippen molar-refractivity contribution in [3.8, 4) is 11.1 Å². The quantitative estimate of drug-likeness (QED) is 0.881. The van der Waals surface area contributed by atoms with Crippen molar-refractivity contribution in [2.75, 3.05) is 0 Å². The van der Waals surface area contributed by atoms with E-state index in [1.165, 1.54) is 4.88 Å². The number of carboxylic acid groups (broad SMARTS) is 1. The van der Waals surface area contributed by atoms with Gasteiger partial charge in [-0.2, -0.15) is 0 Å². The van der Waals surface area contributed by atoms with Crippen LogP contribution in [-0.2, 0) is 11.2 Å². The summed E-state index contributed by atoms with van der Waals surface area (Å²) < 4.78 is 0. The van der Waals surface area contributed by atoms with Crippen LogP contribution >= 0.6 is 11.3 Å². The Bertz CT molecular complexity index is 514. The maximum Gasteiger partial charge on any atom is 0.307 e. The summed E-state index contributed by atoms with van der Waals surface area (Å²) in [5.41, 5.74) is 3.09. The van der Waals surface area contributed by atoms with Gasteiger partial charge in [0, 0.05) is 4.88 Å². The fourth-order valence-electron chi connectivity index (χ4n) is 1.63. The molecule has 0 aliphatic heterocycles. The Morgan fingerprint density at radius 1 is 1.31 bits per heavy atom. The van der Waals surface area contributed by atoms with E-state index in [-0.39, 0.29) is 6.42 Å². The number of hydrogen-bond acceptors (Lipinski definition) is 2. The predicted octanol–water partition coefficient (Wildman–Crippen LogP) is 3.35. The Balaban J connectivity index is 2.32. The van der Waals surface area contributed by atoms with Crippen molar-refractivity contribution in [3.05, 3.63) is 46.2 Å². The van der Waals surface area contributed by atoms with Gasteiger partial charge in [0.05, 0.1) is 6.42 Å². The molecule has 0 saturated heterocycles. The smallest absolute Gasteiger partial charge is 0.307 e. The van der Waals surface area contributed by atoms with Gasteiger partial charge >= 0.3 is 5.97 Å². The van der Waals surface area contributed by atoms with Crippen LogP contribution in [-0.4, -0.2) is 11.1 Å². The van der Waals surface area contributed by atoms with Gasteiger partial charge in [0.2, 0.25) is 0 Å². The standard InChI is InChI=1S/C13H12O2S/c1-9-5-12(8-16-9)11-4-2-3-10(6-11)7-13(14)15/h2-6,8H,7H2,1H3,(H,14,15). The molecule has 1 aromatic heterocycles. The summed E-state index contributed by atoms with van der Waals surface area (Å²) in [4.78, 5) is 11.9. The van der Waals surface area contributed by atoms with E-state index in [0.717, 1.165) is 16.7 Å². The van der Waals surface area contributed by atoms with E-state index in [4.69, 9.17) is 5.11 Å². The highest BCUT2D eigenvalue weighted by atomic mass is 32.1. The topological polar surface area (TPSA) is 37.3 Å². The number of aryl methyl sites for hydroxylation is 1. The Morgan fingerprint density at radius 2 is 2.12 bits per heavy atom. The number of benzene rings is 1. The molecule has 1 N–H and O–H groups in total. The van der Waals surface area contributed by atoms with Crippen LogP contribution in [0.2, 0.25) is 0 Å². The molecule has 2 nitrogen and oxygen atoms in total. The second kappa shape index (κ2) is 4.49. The Kier molecular flexibility index (Phi) is 3.06. The van der Waals surface area contributed by atoms with E-state index in [9.17, 15) is 4.79 Å². The summed E-state index contributed by atoms with van der Waals surface area (Å²) in [5, 5.41) is 10.8. The average Bonchev–Trinajstić information content (AvgIpc) is 2.64. The largest absolute Gasteiger partial charge is 0.481 e. The van der Waals surface area contributed by atoms with Crippen LogP contribution in [0.4, 0.5) is 0 Å². The molecular weight excluding hydrogens is 220 g/mol. The number of carbonyl (C=O) groups is 1. The third-order valence-electron chi connectivity index (χ3n) is 2.35. The summed E-state index contributed by atoms with van der Waals surface area (Å²) in [7, 11) is 0. The first-order valence-electron chi connectivity index (χ1n) is 5.01. The Morgan fingerprint density at radius 3 is 2.75 bits per heavy atom. The second-order valence-electron chi connectivity index (χ2n) is 3.72. The van der Waals surface area contributed by atoms with Crippen LogP contribution in [0.15, 0.2) is 35.7 Å². The summed E-state index contributed by atoms with van der Waals surface area (Å²) in [5.74, 6) is -0.793. The first-order chi connectivity index (χ1) is 7.65. The fraction of sp³-hybridized carbons (Fsp3) is 0.154. The summed E-state index contributed by atoms with van der Waals surface area (Å²) in [6.45, 7) is 2.06. The van der Waals surface area contributed by atoms with Crippen molar-refractivity contribution < 1.29 is 9.90 Å². The fourth-order valence-corrected chi connectivity index (χ4v) is 2.34. The highest BCUT2D eigenvalue weighted by Gasteiger charge is 2.04. The van der Waals surface area contributed by atoms with Crippen LogP contribution in [0.5, 0.6) is 0 Å². The molecule has 0 amide bonds. The summed E-state index contributed by atoms with van der Waals surface area (Å²) in [6.07, 6.45) is 0.0803. The van der Waals surface area contributed by atoms with Crippen molar-refractivity contribution in [3.63, 3.8) is 0 Å². The van der Waals surface area contributed by atoms with Crippen molar-refractivity contribution in [1.82, 2.24) is 0 Å². The number of rotatable bonds is 3. The van der Waals surface area contributed by atoms with Crippen molar-refractivity contribution >= 4 is 17.3 Å². The van der Waals surface area contributed by atoms with Crippen LogP contribution in [0, 0.1) is 6.92 Å². The second-order valence-corrected chi connectivity index (χ2v) is 4.83. The van der Waals surface area contributed by atoms with Crippen LogP contribution in [0.1, 0.15) is 10.4 Å². The minimum Gasteiger partial charge on any atom is -0.481 e. The lowest BCUT2D eigenvalue weighted by atomic mass is 10.0. The molecule has 3 heteroatoms. The van der Waals surface area contributed by atoms with E-state index in [1.54, 1.807) is 11.3 Å². The molecule has 1 aromatic carbocycles. The number of thiophene rings is 1. The van der Waals surface area contributed by atoms with Crippen molar-refractivity contribution in [2.45, 2.75) is 13.3 Å². The maximum atomic E-state index is 10.6. The van der Waals surface area contributed by atoms with E-state index >= 15 is 0 Å². The predicted molar refractivity (Wildman–Crippen MR) is 65.8 cm³/mol. The molecule has 1 heterocycles. The number of carboxylic acids is 1. The van der Waals surface area contributed by atoms with Crippen LogP contribution in [0.3, 0.4) is 0 Å². The molecule has 2 aromatic rings. The van der Waals surface area contributed by atoms with Gasteiger partial charge in [-0.25, -0.2) is 0 Å². The molecule has 0 unspecified atom stereocenters. The van der Waals surface area contributed by atoms with Gasteiger partial charge in [0.15, 0.2) is 0 Å². The van der Waals surface area contributed by atoms with Gasteiger partial charge in [-0.1, -0.05) is 24.3 Å². The zero-order valence-corrected chi connectivity index (χ0v) is 9.75. The molecule has 0 aliphatic carbocycles. The minimum atomic E-state index is -0.793. The van der Waals surface area contributed by atoms with Crippen molar-refractivity contribution in [1.29, 1.82) is 0 Å². The van der Waals surface area contributed by atoms with E-state index in [0.29, 0.717) is 0 Å². The Hall–Kier alpha value is -1.61. The van der Waals surface area contributed by atoms with Gasteiger partial charge < -0.3 is 5.11 Å². The SMILES string of the molecule is Cc1cc(-c2cccc(CC(=O)O)c2)cs1. The molecule has 0 spiro atoms. The molecule has 0 saturated carbocycles. The molecule has 0 bridgehead atoms. The number of aliphatic carboxylic acids is 1. The van der Waals surface area contributed by atoms with Crippen LogP contribution < -0.4 is 0 Å². The van der Waals surface area contributed by atoms with Gasteiger partial charge in [0.25, 0.3) is 0 Å². The molecule has 0 fully saturated rings. The third-order valence-corrected chi connectivity index (χ3v) is 3.21. The normalized spacial score (nSPS) is 10.3. The molecule has 16 heavy (non-hydrogen) atoms. The molecule has 0 atom stereocenters. The summed E-state index contributed by atoms with van der Waals surface area (Å²) >= 11 is 1.70. The molecular formula is C13H12O2S. The first-order valence-corrected chi connectivity index (χ1v) is 5.89. The average molecular weight is 232 g/mol. The lowest BCUT2D eigenvalue weighted by Gasteiger charge is -2.01. The molecule has 82 valence electrons.